The zero-order chi connectivity index (χ0) is 17.3. The first-order valence-electron chi connectivity index (χ1n) is 7.21. The summed E-state index contributed by atoms with van der Waals surface area (Å²) in [5.41, 5.74) is -0.137. The van der Waals surface area contributed by atoms with Crippen molar-refractivity contribution in [2.24, 2.45) is 0 Å². The molecule has 0 radical (unpaired) electrons. The number of nitrogens with zero attached hydrogens (tertiary/aromatic N) is 2. The van der Waals surface area contributed by atoms with Gasteiger partial charge >= 0.3 is 5.97 Å². The van der Waals surface area contributed by atoms with Gasteiger partial charge in [-0.3, -0.25) is 14.2 Å². The van der Waals surface area contributed by atoms with Crippen LogP contribution in [0, 0.1) is 0 Å². The lowest BCUT2D eigenvalue weighted by Crippen LogP contribution is -2.25. The fraction of sp³-hybridized carbons (Fsp3) is 0.250. The van der Waals surface area contributed by atoms with E-state index in [1.807, 2.05) is 0 Å². The second-order valence-corrected chi connectivity index (χ2v) is 6.35. The van der Waals surface area contributed by atoms with Gasteiger partial charge in [-0.2, -0.15) is 0 Å². The number of allylic oxidation sites excluding steroid dienone is 1. The van der Waals surface area contributed by atoms with E-state index in [-0.39, 0.29) is 29.2 Å². The van der Waals surface area contributed by atoms with Crippen LogP contribution in [0.3, 0.4) is 0 Å². The molecule has 1 fully saturated rings. The molecule has 8 heteroatoms. The molecule has 3 rings (SSSR count). The van der Waals surface area contributed by atoms with Gasteiger partial charge in [0.15, 0.2) is 5.16 Å². The quantitative estimate of drug-likeness (QED) is 0.438. The van der Waals surface area contributed by atoms with E-state index in [0.29, 0.717) is 23.6 Å². The number of carbonyl (C=O) groups is 2. The molecule has 1 aliphatic rings. The van der Waals surface area contributed by atoms with Crippen LogP contribution in [-0.2, 0) is 16.1 Å². The van der Waals surface area contributed by atoms with E-state index in [9.17, 15) is 19.5 Å². The molecule has 1 aromatic carbocycles. The summed E-state index contributed by atoms with van der Waals surface area (Å²) in [6.45, 7) is 4.20. The molecule has 0 amide bonds. The van der Waals surface area contributed by atoms with Crippen LogP contribution in [-0.4, -0.2) is 33.3 Å². The maximum atomic E-state index is 12.7. The minimum atomic E-state index is -1.34. The molecular formula is C16H13N2O5S-. The van der Waals surface area contributed by atoms with Crippen LogP contribution in [0.25, 0.3) is 10.9 Å². The van der Waals surface area contributed by atoms with Gasteiger partial charge in [0, 0.05) is 13.0 Å². The highest BCUT2D eigenvalue weighted by molar-refractivity contribution is 8.00. The summed E-state index contributed by atoms with van der Waals surface area (Å²) in [5.74, 6) is -1.69. The first kappa shape index (κ1) is 16.3. The molecule has 1 aromatic heterocycles. The molecule has 0 unspecified atom stereocenters. The Kier molecular flexibility index (Phi) is 4.39. The van der Waals surface area contributed by atoms with Crippen LogP contribution in [0.1, 0.15) is 16.8 Å². The van der Waals surface area contributed by atoms with E-state index in [4.69, 9.17) is 4.74 Å². The minimum Gasteiger partial charge on any atom is -0.545 e. The number of esters is 1. The summed E-state index contributed by atoms with van der Waals surface area (Å²) in [4.78, 5) is 39.7. The van der Waals surface area contributed by atoms with Gasteiger partial charge in [0.05, 0.1) is 23.5 Å². The largest absolute Gasteiger partial charge is 0.545 e. The molecule has 0 N–H and O–H groups in total. The second-order valence-electron chi connectivity index (χ2n) is 5.18. The number of carbonyl (C=O) groups excluding carboxylic acids is 2. The minimum absolute atomic E-state index is 0.0629. The lowest BCUT2D eigenvalue weighted by atomic mass is 10.1. The van der Waals surface area contributed by atoms with Crippen molar-refractivity contribution in [3.8, 4) is 0 Å². The lowest BCUT2D eigenvalue weighted by Gasteiger charge is -2.13. The Morgan fingerprint density at radius 1 is 1.50 bits per heavy atom. The first-order chi connectivity index (χ1) is 11.5. The molecule has 24 heavy (non-hydrogen) atoms. The van der Waals surface area contributed by atoms with Gasteiger partial charge < -0.3 is 14.6 Å². The number of cyclic esters (lactones) is 1. The third-order valence-corrected chi connectivity index (χ3v) is 4.84. The molecule has 2 aromatic rings. The van der Waals surface area contributed by atoms with E-state index in [1.54, 1.807) is 6.08 Å². The third kappa shape index (κ3) is 2.92. The molecule has 0 saturated carbocycles. The highest BCUT2D eigenvalue weighted by atomic mass is 32.2. The van der Waals surface area contributed by atoms with Gasteiger partial charge in [0.1, 0.15) is 5.25 Å². The summed E-state index contributed by atoms with van der Waals surface area (Å²) < 4.78 is 6.33. The number of hydrogen-bond donors (Lipinski definition) is 0. The van der Waals surface area contributed by atoms with Gasteiger partial charge in [-0.15, -0.1) is 6.58 Å². The molecule has 124 valence electrons. The number of carboxylic acid groups (broad SMARTS) is 1. The highest BCUT2D eigenvalue weighted by Crippen LogP contribution is 2.28. The number of aromatic carboxylic acids is 1. The topological polar surface area (TPSA) is 101 Å². The standard InChI is InChI=1S/C16H14N2O5S/c1-2-6-18-13(19)10-4-3-9(14(20)21)8-11(10)17-16(18)24-12-5-7-23-15(12)22/h2-4,8,12H,1,5-7H2,(H,20,21)/p-1/t12-/m0/s1. The van der Waals surface area contributed by atoms with Gasteiger partial charge in [0.25, 0.3) is 5.56 Å². The number of ether oxygens (including phenoxy) is 1. The van der Waals surface area contributed by atoms with E-state index in [2.05, 4.69) is 11.6 Å². The van der Waals surface area contributed by atoms with Crippen molar-refractivity contribution in [2.75, 3.05) is 6.61 Å². The number of rotatable bonds is 5. The van der Waals surface area contributed by atoms with Crippen LogP contribution in [0.2, 0.25) is 0 Å². The van der Waals surface area contributed by atoms with Crippen molar-refractivity contribution < 1.29 is 19.4 Å². The summed E-state index contributed by atoms with van der Waals surface area (Å²) in [6, 6.07) is 4.01. The molecule has 7 nitrogen and oxygen atoms in total. The van der Waals surface area contributed by atoms with Crippen molar-refractivity contribution in [1.82, 2.24) is 9.55 Å². The molecule has 2 heterocycles. The zero-order valence-electron chi connectivity index (χ0n) is 12.6. The van der Waals surface area contributed by atoms with Crippen LogP contribution in [0.5, 0.6) is 0 Å². The first-order valence-corrected chi connectivity index (χ1v) is 8.09. The van der Waals surface area contributed by atoms with Crippen LogP contribution < -0.4 is 10.7 Å². The van der Waals surface area contributed by atoms with Crippen molar-refractivity contribution in [2.45, 2.75) is 23.4 Å². The fourth-order valence-electron chi connectivity index (χ4n) is 2.42. The van der Waals surface area contributed by atoms with Crippen molar-refractivity contribution >= 4 is 34.6 Å². The number of thioether (sulfide) groups is 1. The Balaban J connectivity index is 2.15. The lowest BCUT2D eigenvalue weighted by molar-refractivity contribution is -0.255. The fourth-order valence-corrected chi connectivity index (χ4v) is 3.49. The molecule has 1 aliphatic heterocycles. The Hall–Kier alpha value is -2.61. The predicted octanol–water partition coefficient (Wildman–Crippen LogP) is 0.354. The van der Waals surface area contributed by atoms with E-state index >= 15 is 0 Å². The smallest absolute Gasteiger partial charge is 0.319 e. The second kappa shape index (κ2) is 6.48. The van der Waals surface area contributed by atoms with Crippen LogP contribution >= 0.6 is 11.8 Å². The number of hydrogen-bond acceptors (Lipinski definition) is 7. The van der Waals surface area contributed by atoms with Gasteiger partial charge in [0.2, 0.25) is 0 Å². The summed E-state index contributed by atoms with van der Waals surface area (Å²) in [7, 11) is 0. The maximum absolute atomic E-state index is 12.7. The average Bonchev–Trinajstić information content (AvgIpc) is 2.95. The van der Waals surface area contributed by atoms with E-state index < -0.39 is 11.2 Å². The van der Waals surface area contributed by atoms with Gasteiger partial charge in [-0.05, 0) is 17.7 Å². The third-order valence-electron chi connectivity index (χ3n) is 3.60. The Bertz CT molecular complexity index is 905. The zero-order valence-corrected chi connectivity index (χ0v) is 13.4. The molecule has 1 atom stereocenters. The molecule has 0 aliphatic carbocycles. The molecular weight excluding hydrogens is 332 g/mol. The SMILES string of the molecule is C=CCn1c(S[C@H]2CCOC2=O)nc2cc(C(=O)[O-])ccc2c1=O. The monoisotopic (exact) mass is 345 g/mol. The molecule has 1 saturated heterocycles. The normalized spacial score (nSPS) is 17.0. The summed E-state index contributed by atoms with van der Waals surface area (Å²) in [6.07, 6.45) is 2.09. The molecule has 0 spiro atoms. The van der Waals surface area contributed by atoms with Gasteiger partial charge in [-0.25, -0.2) is 4.98 Å². The van der Waals surface area contributed by atoms with Crippen molar-refractivity contribution in [1.29, 1.82) is 0 Å². The number of aromatic nitrogens is 2. The summed E-state index contributed by atoms with van der Waals surface area (Å²) >= 11 is 1.14. The Morgan fingerprint density at radius 3 is 2.92 bits per heavy atom. The van der Waals surface area contributed by atoms with Crippen LogP contribution in [0.4, 0.5) is 0 Å². The van der Waals surface area contributed by atoms with Gasteiger partial charge in [-0.1, -0.05) is 23.9 Å². The van der Waals surface area contributed by atoms with Crippen LogP contribution in [0.15, 0.2) is 40.8 Å². The number of benzene rings is 1. The van der Waals surface area contributed by atoms with Crippen molar-refractivity contribution in [3.05, 3.63) is 46.8 Å². The molecule has 0 bridgehead atoms. The Morgan fingerprint density at radius 2 is 2.29 bits per heavy atom. The summed E-state index contributed by atoms with van der Waals surface area (Å²) in [5, 5.41) is 11.2. The van der Waals surface area contributed by atoms with E-state index in [0.717, 1.165) is 11.8 Å². The predicted molar refractivity (Wildman–Crippen MR) is 85.8 cm³/mol. The maximum Gasteiger partial charge on any atom is 0.319 e. The Labute approximate surface area is 141 Å². The number of carboxylic acids is 1. The van der Waals surface area contributed by atoms with E-state index in [1.165, 1.54) is 22.8 Å². The van der Waals surface area contributed by atoms with Crippen molar-refractivity contribution in [3.63, 3.8) is 0 Å². The highest BCUT2D eigenvalue weighted by Gasteiger charge is 2.29. The number of fused-ring (bicyclic) bond motifs is 1. The average molecular weight is 345 g/mol.